The number of carbonyl (C=O) groups excluding carboxylic acids is 1. The number of aromatic carboxylic acids is 1. The molecule has 2 rings (SSSR count). The number of halogens is 1. The normalized spacial score (nSPS) is 11.5. The number of ether oxygens (including phenoxy) is 1. The van der Waals surface area contributed by atoms with E-state index in [9.17, 15) is 9.59 Å². The molecule has 0 aromatic heterocycles. The highest BCUT2D eigenvalue weighted by Crippen LogP contribution is 2.22. The molecular formula is C16H14ClNO4. The van der Waals surface area contributed by atoms with Gasteiger partial charge in [0, 0.05) is 5.02 Å². The standard InChI is InChI=1S/C16H14ClNO4/c1-10(22-12-5-3-2-4-6-12)15(19)18-14-9-11(17)7-8-13(14)16(20)21/h2-10H,1H3,(H,18,19)(H,20,21)/t10-/m1/s1. The van der Waals surface area contributed by atoms with Gasteiger partial charge in [-0.2, -0.15) is 0 Å². The van der Waals surface area contributed by atoms with E-state index in [2.05, 4.69) is 5.32 Å². The number of hydrogen-bond acceptors (Lipinski definition) is 3. The average molecular weight is 320 g/mol. The Balaban J connectivity index is 2.11. The Hall–Kier alpha value is -2.53. The smallest absolute Gasteiger partial charge is 0.337 e. The molecule has 0 saturated heterocycles. The van der Waals surface area contributed by atoms with Crippen molar-refractivity contribution in [1.29, 1.82) is 0 Å². The zero-order chi connectivity index (χ0) is 16.1. The number of benzene rings is 2. The Morgan fingerprint density at radius 1 is 1.18 bits per heavy atom. The van der Waals surface area contributed by atoms with Crippen LogP contribution < -0.4 is 10.1 Å². The highest BCUT2D eigenvalue weighted by Gasteiger charge is 2.18. The molecule has 22 heavy (non-hydrogen) atoms. The summed E-state index contributed by atoms with van der Waals surface area (Å²) in [6.07, 6.45) is -0.789. The molecule has 0 unspecified atom stereocenters. The highest BCUT2D eigenvalue weighted by atomic mass is 35.5. The topological polar surface area (TPSA) is 75.6 Å². The van der Waals surface area contributed by atoms with Gasteiger partial charge in [-0.05, 0) is 37.3 Å². The lowest BCUT2D eigenvalue weighted by molar-refractivity contribution is -0.122. The van der Waals surface area contributed by atoms with Gasteiger partial charge in [0.25, 0.3) is 5.91 Å². The largest absolute Gasteiger partial charge is 0.481 e. The van der Waals surface area contributed by atoms with E-state index in [1.165, 1.54) is 18.2 Å². The molecular weight excluding hydrogens is 306 g/mol. The number of carboxylic acids is 1. The van der Waals surface area contributed by atoms with Crippen LogP contribution in [0.2, 0.25) is 5.02 Å². The van der Waals surface area contributed by atoms with Crippen molar-refractivity contribution in [3.63, 3.8) is 0 Å². The summed E-state index contributed by atoms with van der Waals surface area (Å²) in [5, 5.41) is 12.0. The predicted octanol–water partition coefficient (Wildman–Crippen LogP) is 3.44. The number of carboxylic acid groups (broad SMARTS) is 1. The summed E-state index contributed by atoms with van der Waals surface area (Å²) in [6.45, 7) is 1.58. The molecule has 5 nitrogen and oxygen atoms in total. The molecule has 0 heterocycles. The number of nitrogens with one attached hydrogen (secondary N) is 1. The molecule has 0 radical (unpaired) electrons. The van der Waals surface area contributed by atoms with Crippen molar-refractivity contribution in [2.45, 2.75) is 13.0 Å². The van der Waals surface area contributed by atoms with Gasteiger partial charge in [0.2, 0.25) is 0 Å². The number of hydrogen-bond donors (Lipinski definition) is 2. The molecule has 114 valence electrons. The molecule has 2 aromatic carbocycles. The van der Waals surface area contributed by atoms with Gasteiger partial charge in [-0.15, -0.1) is 0 Å². The Morgan fingerprint density at radius 3 is 2.50 bits per heavy atom. The first-order valence-corrected chi connectivity index (χ1v) is 6.90. The average Bonchev–Trinajstić information content (AvgIpc) is 2.48. The van der Waals surface area contributed by atoms with Gasteiger partial charge >= 0.3 is 5.97 Å². The van der Waals surface area contributed by atoms with Crippen LogP contribution in [0.1, 0.15) is 17.3 Å². The van der Waals surface area contributed by atoms with E-state index in [-0.39, 0.29) is 11.3 Å². The third kappa shape index (κ3) is 3.99. The first kappa shape index (κ1) is 15.9. The Morgan fingerprint density at radius 2 is 1.86 bits per heavy atom. The minimum atomic E-state index is -1.15. The van der Waals surface area contributed by atoms with Crippen LogP contribution in [0, 0.1) is 0 Å². The van der Waals surface area contributed by atoms with E-state index in [1.807, 2.05) is 6.07 Å². The van der Waals surface area contributed by atoms with Gasteiger partial charge < -0.3 is 15.2 Å². The molecule has 0 aliphatic heterocycles. The number of rotatable bonds is 5. The molecule has 0 aliphatic rings. The maximum Gasteiger partial charge on any atom is 0.337 e. The van der Waals surface area contributed by atoms with Crippen LogP contribution in [0.4, 0.5) is 5.69 Å². The second kappa shape index (κ2) is 6.95. The van der Waals surface area contributed by atoms with E-state index in [1.54, 1.807) is 31.2 Å². The second-order valence-electron chi connectivity index (χ2n) is 4.56. The van der Waals surface area contributed by atoms with Crippen LogP contribution in [-0.4, -0.2) is 23.1 Å². The van der Waals surface area contributed by atoms with Gasteiger partial charge in [0.15, 0.2) is 6.10 Å². The molecule has 0 spiro atoms. The number of carbonyl (C=O) groups is 2. The van der Waals surface area contributed by atoms with Crippen molar-refractivity contribution in [2.75, 3.05) is 5.32 Å². The Kier molecular flexibility index (Phi) is 5.01. The lowest BCUT2D eigenvalue weighted by Gasteiger charge is -2.15. The summed E-state index contributed by atoms with van der Waals surface area (Å²) in [6, 6.07) is 13.0. The Bertz CT molecular complexity index is 688. The van der Waals surface area contributed by atoms with Crippen LogP contribution in [-0.2, 0) is 4.79 Å². The van der Waals surface area contributed by atoms with Crippen LogP contribution in [0.3, 0.4) is 0 Å². The molecule has 1 amide bonds. The fourth-order valence-corrected chi connectivity index (χ4v) is 1.97. The van der Waals surface area contributed by atoms with Gasteiger partial charge in [-0.1, -0.05) is 29.8 Å². The SMILES string of the molecule is C[C@@H](Oc1ccccc1)C(=O)Nc1cc(Cl)ccc1C(=O)O. The van der Waals surface area contributed by atoms with Crippen molar-refractivity contribution < 1.29 is 19.4 Å². The monoisotopic (exact) mass is 319 g/mol. The van der Waals surface area contributed by atoms with E-state index in [0.717, 1.165) is 0 Å². The van der Waals surface area contributed by atoms with Gasteiger partial charge in [-0.3, -0.25) is 4.79 Å². The minimum Gasteiger partial charge on any atom is -0.481 e. The molecule has 0 saturated carbocycles. The summed E-state index contributed by atoms with van der Waals surface area (Å²) >= 11 is 5.84. The van der Waals surface area contributed by atoms with Gasteiger partial charge in [0.1, 0.15) is 5.75 Å². The van der Waals surface area contributed by atoms with Gasteiger partial charge in [0.05, 0.1) is 11.3 Å². The third-order valence-electron chi connectivity index (χ3n) is 2.90. The Labute approximate surface area is 132 Å². The number of amides is 1. The first-order valence-electron chi connectivity index (χ1n) is 6.53. The summed E-state index contributed by atoms with van der Waals surface area (Å²) in [7, 11) is 0. The van der Waals surface area contributed by atoms with Crippen molar-refractivity contribution >= 4 is 29.2 Å². The minimum absolute atomic E-state index is 0.0374. The maximum atomic E-state index is 12.1. The zero-order valence-corrected chi connectivity index (χ0v) is 12.5. The quantitative estimate of drug-likeness (QED) is 0.885. The van der Waals surface area contributed by atoms with E-state index >= 15 is 0 Å². The third-order valence-corrected chi connectivity index (χ3v) is 3.13. The fraction of sp³-hybridized carbons (Fsp3) is 0.125. The maximum absolute atomic E-state index is 12.1. The van der Waals surface area contributed by atoms with E-state index in [0.29, 0.717) is 10.8 Å². The van der Waals surface area contributed by atoms with Crippen molar-refractivity contribution in [3.8, 4) is 5.75 Å². The molecule has 2 N–H and O–H groups in total. The molecule has 1 atom stereocenters. The van der Waals surface area contributed by atoms with Crippen molar-refractivity contribution in [2.24, 2.45) is 0 Å². The van der Waals surface area contributed by atoms with Gasteiger partial charge in [-0.25, -0.2) is 4.79 Å². The lowest BCUT2D eigenvalue weighted by Crippen LogP contribution is -2.30. The van der Waals surface area contributed by atoms with Crippen LogP contribution >= 0.6 is 11.6 Å². The van der Waals surface area contributed by atoms with E-state index < -0.39 is 18.0 Å². The highest BCUT2D eigenvalue weighted by molar-refractivity contribution is 6.31. The van der Waals surface area contributed by atoms with Crippen LogP contribution in [0.25, 0.3) is 0 Å². The van der Waals surface area contributed by atoms with Crippen LogP contribution in [0.15, 0.2) is 48.5 Å². The summed E-state index contributed by atoms with van der Waals surface area (Å²) in [5.74, 6) is -1.06. The fourth-order valence-electron chi connectivity index (χ4n) is 1.80. The lowest BCUT2D eigenvalue weighted by atomic mass is 10.1. The second-order valence-corrected chi connectivity index (χ2v) is 4.99. The van der Waals surface area contributed by atoms with E-state index in [4.69, 9.17) is 21.4 Å². The summed E-state index contributed by atoms with van der Waals surface area (Å²) in [5.41, 5.74) is 0.0955. The number of anilines is 1. The molecule has 0 aliphatic carbocycles. The van der Waals surface area contributed by atoms with Crippen molar-refractivity contribution in [3.05, 3.63) is 59.1 Å². The van der Waals surface area contributed by atoms with Crippen LogP contribution in [0.5, 0.6) is 5.75 Å². The molecule has 0 bridgehead atoms. The molecule has 6 heteroatoms. The summed E-state index contributed by atoms with van der Waals surface area (Å²) < 4.78 is 5.49. The molecule has 0 fully saturated rings. The number of para-hydroxylation sites is 1. The zero-order valence-electron chi connectivity index (χ0n) is 11.7. The summed E-state index contributed by atoms with van der Waals surface area (Å²) in [4.78, 5) is 23.3. The first-order chi connectivity index (χ1) is 10.5. The predicted molar refractivity (Wildman–Crippen MR) is 83.6 cm³/mol. The molecule has 2 aromatic rings. The van der Waals surface area contributed by atoms with Crippen molar-refractivity contribution in [1.82, 2.24) is 0 Å².